The lowest BCUT2D eigenvalue weighted by molar-refractivity contribution is 0.0979. The quantitative estimate of drug-likeness (QED) is 0.338. The van der Waals surface area contributed by atoms with Gasteiger partial charge in [-0.25, -0.2) is 4.39 Å². The fourth-order valence-corrected chi connectivity index (χ4v) is 5.03. The summed E-state index contributed by atoms with van der Waals surface area (Å²) >= 11 is 0. The highest BCUT2D eigenvalue weighted by Gasteiger charge is 2.30. The number of methoxy groups -OCH3 is 1. The Hall–Kier alpha value is -2.96. The van der Waals surface area contributed by atoms with E-state index >= 15 is 0 Å². The molecule has 6 heteroatoms. The Morgan fingerprint density at radius 3 is 2.50 bits per heavy atom. The van der Waals surface area contributed by atoms with Crippen molar-refractivity contribution in [3.05, 3.63) is 90.0 Å². The van der Waals surface area contributed by atoms with Crippen molar-refractivity contribution < 1.29 is 13.9 Å². The number of benzene rings is 2. The predicted octanol–water partition coefficient (Wildman–Crippen LogP) is 5.82. The van der Waals surface area contributed by atoms with E-state index in [1.165, 1.54) is 11.6 Å². The van der Waals surface area contributed by atoms with E-state index in [2.05, 4.69) is 54.0 Å². The number of hydrogen-bond acceptors (Lipinski definition) is 5. The first-order valence-electron chi connectivity index (χ1n) is 13.0. The molecule has 5 nitrogen and oxygen atoms in total. The van der Waals surface area contributed by atoms with Crippen LogP contribution in [0, 0.1) is 11.7 Å². The average molecular weight is 492 g/mol. The fourth-order valence-electron chi connectivity index (χ4n) is 5.03. The standard InChI is InChI=1S/C30H38FN3O2/c1-23(2)34(30(28-12-6-7-16-32-28)25-9-8-10-26(21-25)35-3)22-24-14-17-33(18-15-24)19-20-36-29-13-5-4-11-27(29)31/h4-13,16,21,23-24,30H,14-15,17-20,22H2,1-3H3/t30-/m0/s1. The van der Waals surface area contributed by atoms with Crippen LogP contribution in [-0.4, -0.2) is 60.7 Å². The van der Waals surface area contributed by atoms with E-state index in [1.54, 1.807) is 25.3 Å². The van der Waals surface area contributed by atoms with Gasteiger partial charge < -0.3 is 9.47 Å². The number of pyridine rings is 1. The maximum atomic E-state index is 13.8. The lowest BCUT2D eigenvalue weighted by atomic mass is 9.92. The Morgan fingerprint density at radius 2 is 1.81 bits per heavy atom. The molecule has 2 heterocycles. The van der Waals surface area contributed by atoms with Crippen LogP contribution in [0.2, 0.25) is 0 Å². The van der Waals surface area contributed by atoms with Crippen molar-refractivity contribution in [1.29, 1.82) is 0 Å². The number of ether oxygens (including phenoxy) is 2. The van der Waals surface area contributed by atoms with E-state index in [-0.39, 0.29) is 11.9 Å². The minimum atomic E-state index is -0.302. The highest BCUT2D eigenvalue weighted by atomic mass is 19.1. The molecule has 1 atom stereocenters. The van der Waals surface area contributed by atoms with E-state index in [0.717, 1.165) is 50.5 Å². The molecule has 0 aliphatic carbocycles. The van der Waals surface area contributed by atoms with Gasteiger partial charge in [0.15, 0.2) is 11.6 Å². The zero-order valence-corrected chi connectivity index (χ0v) is 21.6. The number of aromatic nitrogens is 1. The first kappa shape index (κ1) is 26.1. The highest BCUT2D eigenvalue weighted by molar-refractivity contribution is 5.35. The molecule has 0 amide bonds. The summed E-state index contributed by atoms with van der Waals surface area (Å²) in [7, 11) is 1.71. The molecule has 3 aromatic rings. The first-order valence-corrected chi connectivity index (χ1v) is 13.0. The molecule has 1 saturated heterocycles. The van der Waals surface area contributed by atoms with Crippen LogP contribution in [0.15, 0.2) is 72.9 Å². The van der Waals surface area contributed by atoms with E-state index in [0.29, 0.717) is 24.3 Å². The SMILES string of the molecule is COc1cccc([C@@H](c2ccccn2)N(CC2CCN(CCOc3ccccc3F)CC2)C(C)C)c1. The van der Waals surface area contributed by atoms with Crippen LogP contribution < -0.4 is 9.47 Å². The number of likely N-dealkylation sites (tertiary alicyclic amines) is 1. The van der Waals surface area contributed by atoms with E-state index < -0.39 is 0 Å². The second kappa shape index (κ2) is 12.8. The van der Waals surface area contributed by atoms with Gasteiger partial charge in [-0.2, -0.15) is 0 Å². The van der Waals surface area contributed by atoms with Crippen LogP contribution in [0.25, 0.3) is 0 Å². The molecule has 0 N–H and O–H groups in total. The zero-order valence-electron chi connectivity index (χ0n) is 21.6. The Bertz CT molecular complexity index is 1070. The van der Waals surface area contributed by atoms with E-state index in [9.17, 15) is 4.39 Å². The third-order valence-electron chi connectivity index (χ3n) is 7.05. The molecule has 0 saturated carbocycles. The smallest absolute Gasteiger partial charge is 0.165 e. The summed E-state index contributed by atoms with van der Waals surface area (Å²) in [5.74, 6) is 1.50. The molecule has 2 aromatic carbocycles. The Balaban J connectivity index is 1.39. The van der Waals surface area contributed by atoms with Crippen LogP contribution in [0.3, 0.4) is 0 Å². The lowest BCUT2D eigenvalue weighted by Crippen LogP contribution is -2.43. The van der Waals surface area contributed by atoms with Gasteiger partial charge in [0.2, 0.25) is 0 Å². The summed E-state index contributed by atoms with van der Waals surface area (Å²) in [5, 5.41) is 0. The molecule has 1 aliphatic heterocycles. The number of piperidine rings is 1. The molecule has 0 radical (unpaired) electrons. The summed E-state index contributed by atoms with van der Waals surface area (Å²) in [6.07, 6.45) is 4.15. The van der Waals surface area contributed by atoms with Gasteiger partial charge in [0.1, 0.15) is 12.4 Å². The number of halogens is 1. The summed E-state index contributed by atoms with van der Waals surface area (Å²) in [5.41, 5.74) is 2.26. The molecule has 1 fully saturated rings. The van der Waals surface area contributed by atoms with Crippen LogP contribution in [0.4, 0.5) is 4.39 Å². The maximum Gasteiger partial charge on any atom is 0.165 e. The van der Waals surface area contributed by atoms with Gasteiger partial charge in [-0.1, -0.05) is 30.3 Å². The minimum absolute atomic E-state index is 0.0634. The molecule has 0 unspecified atom stereocenters. The van der Waals surface area contributed by atoms with E-state index in [4.69, 9.17) is 14.5 Å². The predicted molar refractivity (Wildman–Crippen MR) is 142 cm³/mol. The highest BCUT2D eigenvalue weighted by Crippen LogP contribution is 2.33. The Morgan fingerprint density at radius 1 is 1.03 bits per heavy atom. The van der Waals surface area contributed by atoms with Gasteiger partial charge in [0.05, 0.1) is 18.8 Å². The normalized spacial score (nSPS) is 15.8. The molecule has 4 rings (SSSR count). The zero-order chi connectivity index (χ0) is 25.3. The first-order chi connectivity index (χ1) is 17.5. The van der Waals surface area contributed by atoms with Crippen molar-refractivity contribution in [1.82, 2.24) is 14.8 Å². The van der Waals surface area contributed by atoms with Crippen LogP contribution in [-0.2, 0) is 0 Å². The van der Waals surface area contributed by atoms with Gasteiger partial charge in [0.25, 0.3) is 0 Å². The largest absolute Gasteiger partial charge is 0.497 e. The van der Waals surface area contributed by atoms with Crippen molar-refractivity contribution in [3.8, 4) is 11.5 Å². The molecule has 192 valence electrons. The van der Waals surface area contributed by atoms with Crippen molar-refractivity contribution in [2.45, 2.75) is 38.8 Å². The van der Waals surface area contributed by atoms with E-state index in [1.807, 2.05) is 18.3 Å². The summed E-state index contributed by atoms with van der Waals surface area (Å²) in [4.78, 5) is 9.76. The maximum absolute atomic E-state index is 13.8. The number of nitrogens with zero attached hydrogens (tertiary/aromatic N) is 3. The van der Waals surface area contributed by atoms with Gasteiger partial charge >= 0.3 is 0 Å². The summed E-state index contributed by atoms with van der Waals surface area (Å²) < 4.78 is 25.0. The van der Waals surface area contributed by atoms with Gasteiger partial charge in [-0.05, 0) is 87.7 Å². The molecule has 1 aromatic heterocycles. The molecule has 1 aliphatic rings. The number of hydrogen-bond donors (Lipinski definition) is 0. The van der Waals surface area contributed by atoms with Crippen LogP contribution in [0.5, 0.6) is 11.5 Å². The van der Waals surface area contributed by atoms with Crippen molar-refractivity contribution in [2.75, 3.05) is 39.9 Å². The molecular weight excluding hydrogens is 453 g/mol. The Kier molecular flexibility index (Phi) is 9.31. The van der Waals surface area contributed by atoms with Crippen LogP contribution in [0.1, 0.15) is 44.0 Å². The van der Waals surface area contributed by atoms with Crippen molar-refractivity contribution in [3.63, 3.8) is 0 Å². The summed E-state index contributed by atoms with van der Waals surface area (Å²) in [6.45, 7) is 8.93. The molecule has 0 spiro atoms. The topological polar surface area (TPSA) is 37.8 Å². The van der Waals surface area contributed by atoms with Crippen molar-refractivity contribution in [2.24, 2.45) is 5.92 Å². The molecule has 0 bridgehead atoms. The molecule has 36 heavy (non-hydrogen) atoms. The Labute approximate surface area is 214 Å². The second-order valence-electron chi connectivity index (χ2n) is 9.79. The summed E-state index contributed by atoms with van der Waals surface area (Å²) in [6, 6.07) is 21.5. The molecular formula is C30H38FN3O2. The lowest BCUT2D eigenvalue weighted by Gasteiger charge is -2.40. The van der Waals surface area contributed by atoms with Crippen molar-refractivity contribution >= 4 is 0 Å². The third kappa shape index (κ3) is 6.83. The number of para-hydroxylation sites is 1. The monoisotopic (exact) mass is 491 g/mol. The van der Waals surface area contributed by atoms with Crippen LogP contribution >= 0.6 is 0 Å². The van der Waals surface area contributed by atoms with Gasteiger partial charge in [-0.3, -0.25) is 14.8 Å². The number of rotatable bonds is 11. The second-order valence-corrected chi connectivity index (χ2v) is 9.79. The van der Waals surface area contributed by atoms with Gasteiger partial charge in [-0.15, -0.1) is 0 Å². The minimum Gasteiger partial charge on any atom is -0.497 e. The average Bonchev–Trinajstić information content (AvgIpc) is 2.91. The third-order valence-corrected chi connectivity index (χ3v) is 7.05. The fraction of sp³-hybridized carbons (Fsp3) is 0.433. The van der Waals surface area contributed by atoms with Gasteiger partial charge in [0, 0.05) is 25.3 Å².